The van der Waals surface area contributed by atoms with Crippen LogP contribution in [0.1, 0.15) is 25.5 Å². The van der Waals surface area contributed by atoms with Gasteiger partial charge >= 0.3 is 0 Å². The predicted octanol–water partition coefficient (Wildman–Crippen LogP) is 1.83. The molecule has 5 heteroatoms. The van der Waals surface area contributed by atoms with Gasteiger partial charge in [0.2, 0.25) is 0 Å². The average Bonchev–Trinajstić information content (AvgIpc) is 2.42. The van der Waals surface area contributed by atoms with Crippen molar-refractivity contribution in [1.82, 2.24) is 14.5 Å². The van der Waals surface area contributed by atoms with Crippen LogP contribution in [0, 0.1) is 0 Å². The van der Waals surface area contributed by atoms with Gasteiger partial charge in [-0.3, -0.25) is 9.78 Å². The van der Waals surface area contributed by atoms with Crippen molar-refractivity contribution in [3.63, 3.8) is 0 Å². The third-order valence-electron chi connectivity index (χ3n) is 2.79. The van der Waals surface area contributed by atoms with E-state index in [1.807, 2.05) is 26.0 Å². The minimum absolute atomic E-state index is 0.00777. The minimum atomic E-state index is -0.101. The van der Waals surface area contributed by atoms with Crippen LogP contribution in [0.5, 0.6) is 0 Å². The van der Waals surface area contributed by atoms with Crippen LogP contribution in [0.4, 0.5) is 5.82 Å². The van der Waals surface area contributed by atoms with Crippen molar-refractivity contribution in [3.05, 3.63) is 52.8 Å². The summed E-state index contributed by atoms with van der Waals surface area (Å²) in [6.45, 7) is 4.54. The lowest BCUT2D eigenvalue weighted by Gasteiger charge is -2.14. The Morgan fingerprint density at radius 1 is 1.44 bits per heavy atom. The average molecular weight is 244 g/mol. The topological polar surface area (TPSA) is 59.8 Å². The Morgan fingerprint density at radius 2 is 2.28 bits per heavy atom. The highest BCUT2D eigenvalue weighted by Gasteiger charge is 2.09. The Balaban J connectivity index is 2.22. The molecule has 1 atom stereocenters. The number of nitrogens with one attached hydrogen (secondary N) is 1. The second kappa shape index (κ2) is 5.44. The zero-order valence-electron chi connectivity index (χ0n) is 10.5. The zero-order valence-corrected chi connectivity index (χ0v) is 10.5. The number of anilines is 1. The first-order valence-electron chi connectivity index (χ1n) is 5.94. The fourth-order valence-corrected chi connectivity index (χ4v) is 1.72. The summed E-state index contributed by atoms with van der Waals surface area (Å²) in [6.07, 6.45) is 6.81. The molecule has 0 aliphatic carbocycles. The van der Waals surface area contributed by atoms with Gasteiger partial charge < -0.3 is 9.88 Å². The summed E-state index contributed by atoms with van der Waals surface area (Å²) in [5.41, 5.74) is 0.918. The van der Waals surface area contributed by atoms with Gasteiger partial charge in [0.25, 0.3) is 5.56 Å². The van der Waals surface area contributed by atoms with Gasteiger partial charge in [-0.1, -0.05) is 6.07 Å². The maximum atomic E-state index is 12.0. The van der Waals surface area contributed by atoms with Crippen LogP contribution in [0.3, 0.4) is 0 Å². The van der Waals surface area contributed by atoms with Gasteiger partial charge in [-0.25, -0.2) is 4.98 Å². The second-order valence-electron chi connectivity index (χ2n) is 4.02. The Kier molecular flexibility index (Phi) is 3.72. The molecule has 18 heavy (non-hydrogen) atoms. The summed E-state index contributed by atoms with van der Waals surface area (Å²) in [5.74, 6) is 0.371. The third kappa shape index (κ3) is 2.56. The van der Waals surface area contributed by atoms with E-state index in [9.17, 15) is 4.79 Å². The van der Waals surface area contributed by atoms with Crippen LogP contribution in [0.25, 0.3) is 0 Å². The Hall–Kier alpha value is -2.17. The fraction of sp³-hybridized carbons (Fsp3) is 0.308. The first kappa shape index (κ1) is 12.3. The van der Waals surface area contributed by atoms with Gasteiger partial charge in [0.15, 0.2) is 5.82 Å². The highest BCUT2D eigenvalue weighted by molar-refractivity contribution is 5.35. The molecule has 0 amide bonds. The molecule has 2 aromatic rings. The summed E-state index contributed by atoms with van der Waals surface area (Å²) in [4.78, 5) is 20.1. The molecule has 0 aliphatic rings. The molecule has 2 rings (SSSR count). The molecule has 5 nitrogen and oxygen atoms in total. The van der Waals surface area contributed by atoms with Gasteiger partial charge in [-0.15, -0.1) is 0 Å². The molecule has 0 bridgehead atoms. The molecule has 94 valence electrons. The largest absolute Gasteiger partial charge is 0.359 e. The molecule has 0 aliphatic heterocycles. The molecular weight excluding hydrogens is 228 g/mol. The van der Waals surface area contributed by atoms with E-state index in [1.165, 1.54) is 0 Å². The van der Waals surface area contributed by atoms with Crippen LogP contribution in [-0.4, -0.2) is 14.5 Å². The van der Waals surface area contributed by atoms with E-state index in [0.717, 1.165) is 5.56 Å². The molecule has 0 fully saturated rings. The maximum absolute atomic E-state index is 12.0. The maximum Gasteiger partial charge on any atom is 0.293 e. The number of hydrogen-bond donors (Lipinski definition) is 1. The lowest BCUT2D eigenvalue weighted by atomic mass is 10.1. The number of rotatable bonds is 4. The third-order valence-corrected chi connectivity index (χ3v) is 2.79. The summed E-state index contributed by atoms with van der Waals surface area (Å²) >= 11 is 0. The lowest BCUT2D eigenvalue weighted by Crippen LogP contribution is -2.24. The molecule has 2 heterocycles. The van der Waals surface area contributed by atoms with E-state index in [2.05, 4.69) is 15.3 Å². The van der Waals surface area contributed by atoms with Gasteiger partial charge in [0.1, 0.15) is 0 Å². The molecule has 0 saturated carbocycles. The highest BCUT2D eigenvalue weighted by atomic mass is 16.1. The Morgan fingerprint density at radius 3 is 2.94 bits per heavy atom. The molecule has 0 spiro atoms. The first-order chi connectivity index (χ1) is 8.72. The summed E-state index contributed by atoms with van der Waals surface area (Å²) in [6, 6.07) is 3.83. The van der Waals surface area contributed by atoms with Crippen molar-refractivity contribution >= 4 is 5.82 Å². The fourth-order valence-electron chi connectivity index (χ4n) is 1.72. The quantitative estimate of drug-likeness (QED) is 0.891. The van der Waals surface area contributed by atoms with Gasteiger partial charge in [-0.2, -0.15) is 0 Å². The number of aromatic nitrogens is 3. The Labute approximate surface area is 106 Å². The van der Waals surface area contributed by atoms with E-state index in [4.69, 9.17) is 0 Å². The van der Waals surface area contributed by atoms with Crippen molar-refractivity contribution < 1.29 is 0 Å². The molecule has 0 radical (unpaired) electrons. The smallest absolute Gasteiger partial charge is 0.293 e. The second-order valence-corrected chi connectivity index (χ2v) is 4.02. The van der Waals surface area contributed by atoms with Crippen LogP contribution >= 0.6 is 0 Å². The lowest BCUT2D eigenvalue weighted by molar-refractivity contribution is 0.714. The summed E-state index contributed by atoms with van der Waals surface area (Å²) < 4.78 is 1.62. The van der Waals surface area contributed by atoms with E-state index in [-0.39, 0.29) is 11.6 Å². The first-order valence-corrected chi connectivity index (χ1v) is 5.94. The van der Waals surface area contributed by atoms with Gasteiger partial charge in [0, 0.05) is 31.3 Å². The van der Waals surface area contributed by atoms with Crippen molar-refractivity contribution in [2.24, 2.45) is 0 Å². The van der Waals surface area contributed by atoms with Crippen LogP contribution in [-0.2, 0) is 6.54 Å². The van der Waals surface area contributed by atoms with Crippen molar-refractivity contribution in [2.75, 3.05) is 5.32 Å². The van der Waals surface area contributed by atoms with E-state index in [1.54, 1.807) is 29.4 Å². The van der Waals surface area contributed by atoms with Gasteiger partial charge in [-0.05, 0) is 25.5 Å². The highest BCUT2D eigenvalue weighted by Crippen LogP contribution is 2.13. The molecule has 1 unspecified atom stereocenters. The zero-order chi connectivity index (χ0) is 13.0. The monoisotopic (exact) mass is 244 g/mol. The normalized spacial score (nSPS) is 12.1. The van der Waals surface area contributed by atoms with E-state index in [0.29, 0.717) is 12.4 Å². The van der Waals surface area contributed by atoms with E-state index < -0.39 is 0 Å². The predicted molar refractivity (Wildman–Crippen MR) is 70.4 cm³/mol. The molecule has 0 aromatic carbocycles. The summed E-state index contributed by atoms with van der Waals surface area (Å²) in [5, 5.41) is 3.12. The molecule has 1 N–H and O–H groups in total. The number of hydrogen-bond acceptors (Lipinski definition) is 4. The van der Waals surface area contributed by atoms with Crippen molar-refractivity contribution in [3.8, 4) is 0 Å². The number of nitrogens with zero attached hydrogens (tertiary/aromatic N) is 3. The minimum Gasteiger partial charge on any atom is -0.359 e. The van der Waals surface area contributed by atoms with Crippen molar-refractivity contribution in [2.45, 2.75) is 26.4 Å². The summed E-state index contributed by atoms with van der Waals surface area (Å²) in [7, 11) is 0. The van der Waals surface area contributed by atoms with Crippen LogP contribution in [0.15, 0.2) is 41.7 Å². The van der Waals surface area contributed by atoms with E-state index >= 15 is 0 Å². The number of aryl methyl sites for hydroxylation is 1. The number of pyridine rings is 1. The standard InChI is InChI=1S/C13H16N4O/c1-3-17-8-7-15-12(13(17)18)16-10(2)11-5-4-6-14-9-11/h4-10H,3H2,1-2H3,(H,15,16). The van der Waals surface area contributed by atoms with Gasteiger partial charge in [0.05, 0.1) is 6.04 Å². The Bertz CT molecular complexity index is 565. The molecule has 0 saturated heterocycles. The van der Waals surface area contributed by atoms with Crippen LogP contribution < -0.4 is 10.9 Å². The molecule has 2 aromatic heterocycles. The SMILES string of the molecule is CCn1ccnc(NC(C)c2cccnc2)c1=O. The van der Waals surface area contributed by atoms with Crippen LogP contribution in [0.2, 0.25) is 0 Å². The van der Waals surface area contributed by atoms with Crippen molar-refractivity contribution in [1.29, 1.82) is 0 Å². The molecular formula is C13H16N4O.